The summed E-state index contributed by atoms with van der Waals surface area (Å²) in [5.74, 6) is -0.281. The summed E-state index contributed by atoms with van der Waals surface area (Å²) in [6, 6.07) is 8.68. The topological polar surface area (TPSA) is 79.8 Å². The number of hydrogen-bond donors (Lipinski definition) is 2. The molecule has 2 heterocycles. The number of nitrogens with one attached hydrogen (secondary N) is 2. The number of carbonyl (C=O) groups is 1. The molecule has 1 aliphatic carbocycles. The lowest BCUT2D eigenvalue weighted by Gasteiger charge is -2.29. The van der Waals surface area contributed by atoms with Gasteiger partial charge in [0.25, 0.3) is 12.3 Å². The maximum atomic E-state index is 13.2. The molecule has 1 aromatic carbocycles. The first-order valence-corrected chi connectivity index (χ1v) is 10.2. The number of fused-ring (bicyclic) bond motifs is 1. The number of amides is 1. The highest BCUT2D eigenvalue weighted by Crippen LogP contribution is 2.28. The van der Waals surface area contributed by atoms with Crippen LogP contribution in [-0.4, -0.2) is 26.5 Å². The van der Waals surface area contributed by atoms with Crippen molar-refractivity contribution < 1.29 is 13.6 Å². The fourth-order valence-electron chi connectivity index (χ4n) is 4.10. The lowest BCUT2D eigenvalue weighted by molar-refractivity contribution is 0.0904. The molecule has 6 nitrogen and oxygen atoms in total. The van der Waals surface area contributed by atoms with Gasteiger partial charge in [-0.25, -0.2) is 13.6 Å². The predicted octanol–water partition coefficient (Wildman–Crippen LogP) is 4.30. The van der Waals surface area contributed by atoms with Crippen molar-refractivity contribution in [2.45, 2.75) is 44.7 Å². The zero-order valence-corrected chi connectivity index (χ0v) is 16.8. The van der Waals surface area contributed by atoms with Crippen LogP contribution in [0.25, 0.3) is 11.0 Å². The van der Waals surface area contributed by atoms with Crippen LogP contribution >= 0.6 is 11.6 Å². The Bertz CT molecular complexity index is 1120. The minimum atomic E-state index is -2.85. The second-order valence-electron chi connectivity index (χ2n) is 7.64. The lowest BCUT2D eigenvalue weighted by Crippen LogP contribution is -2.39. The SMILES string of the molecule is O=C(NC1CCC(Cn2c(=O)[nH]c3ccccc32)CC1)c1cc(Cl)cnc1C(F)F. The molecule has 2 N–H and O–H groups in total. The lowest BCUT2D eigenvalue weighted by atomic mass is 9.85. The zero-order chi connectivity index (χ0) is 21.3. The second-order valence-corrected chi connectivity index (χ2v) is 8.07. The average Bonchev–Trinajstić information content (AvgIpc) is 3.04. The van der Waals surface area contributed by atoms with E-state index < -0.39 is 18.0 Å². The number of nitrogens with zero attached hydrogens (tertiary/aromatic N) is 2. The van der Waals surface area contributed by atoms with Crippen LogP contribution in [0.3, 0.4) is 0 Å². The molecule has 0 unspecified atom stereocenters. The maximum absolute atomic E-state index is 13.2. The van der Waals surface area contributed by atoms with E-state index in [1.807, 2.05) is 24.3 Å². The van der Waals surface area contributed by atoms with E-state index in [0.717, 1.165) is 30.1 Å². The van der Waals surface area contributed by atoms with Gasteiger partial charge in [0.05, 0.1) is 21.6 Å². The van der Waals surface area contributed by atoms with Crippen molar-refractivity contribution in [3.63, 3.8) is 0 Å². The Balaban J connectivity index is 1.38. The highest BCUT2D eigenvalue weighted by molar-refractivity contribution is 6.30. The molecule has 1 aliphatic rings. The molecule has 0 aliphatic heterocycles. The molecular weight excluding hydrogens is 414 g/mol. The number of benzene rings is 1. The summed E-state index contributed by atoms with van der Waals surface area (Å²) in [5.41, 5.74) is 0.813. The third kappa shape index (κ3) is 4.23. The third-order valence-corrected chi connectivity index (χ3v) is 5.85. The normalized spacial score (nSPS) is 19.3. The molecule has 0 radical (unpaired) electrons. The van der Waals surface area contributed by atoms with E-state index in [9.17, 15) is 18.4 Å². The quantitative estimate of drug-likeness (QED) is 0.628. The van der Waals surface area contributed by atoms with Crippen molar-refractivity contribution in [3.05, 3.63) is 63.3 Å². The van der Waals surface area contributed by atoms with E-state index in [0.29, 0.717) is 25.3 Å². The van der Waals surface area contributed by atoms with Crippen LogP contribution in [0.4, 0.5) is 8.78 Å². The molecule has 2 aromatic heterocycles. The monoisotopic (exact) mass is 434 g/mol. The smallest absolute Gasteiger partial charge is 0.326 e. The van der Waals surface area contributed by atoms with E-state index >= 15 is 0 Å². The first-order valence-electron chi connectivity index (χ1n) is 9.84. The zero-order valence-electron chi connectivity index (χ0n) is 16.1. The maximum Gasteiger partial charge on any atom is 0.326 e. The Hall–Kier alpha value is -2.74. The number of para-hydroxylation sites is 2. The molecule has 0 saturated heterocycles. The molecule has 4 rings (SSSR count). The van der Waals surface area contributed by atoms with Crippen molar-refractivity contribution in [2.75, 3.05) is 0 Å². The van der Waals surface area contributed by atoms with Crippen LogP contribution in [0.15, 0.2) is 41.3 Å². The van der Waals surface area contributed by atoms with E-state index in [-0.39, 0.29) is 22.3 Å². The molecule has 1 saturated carbocycles. The van der Waals surface area contributed by atoms with Crippen LogP contribution in [0.1, 0.15) is 48.2 Å². The summed E-state index contributed by atoms with van der Waals surface area (Å²) >= 11 is 5.83. The van der Waals surface area contributed by atoms with Crippen molar-refractivity contribution in [1.82, 2.24) is 19.9 Å². The number of pyridine rings is 1. The van der Waals surface area contributed by atoms with Crippen LogP contribution in [-0.2, 0) is 6.54 Å². The molecule has 9 heteroatoms. The van der Waals surface area contributed by atoms with Crippen LogP contribution in [0.5, 0.6) is 0 Å². The van der Waals surface area contributed by atoms with Gasteiger partial charge < -0.3 is 10.3 Å². The van der Waals surface area contributed by atoms with Crippen molar-refractivity contribution in [3.8, 4) is 0 Å². The minimum absolute atomic E-state index is 0.113. The van der Waals surface area contributed by atoms with E-state index in [4.69, 9.17) is 11.6 Å². The van der Waals surface area contributed by atoms with Crippen molar-refractivity contribution in [2.24, 2.45) is 5.92 Å². The standard InChI is InChI=1S/C21H21ClF2N4O2/c22-13-9-15(18(19(23)24)25-10-13)20(29)26-14-7-5-12(6-8-14)11-28-17-4-2-1-3-16(17)27-21(28)30/h1-4,9-10,12,14,19H,5-8,11H2,(H,26,29)(H,27,30). The summed E-state index contributed by atoms with van der Waals surface area (Å²) < 4.78 is 28.1. The Kier molecular flexibility index (Phi) is 5.85. The Morgan fingerprint density at radius 1 is 1.27 bits per heavy atom. The number of halogens is 3. The Labute approximate surface area is 176 Å². The fourth-order valence-corrected chi connectivity index (χ4v) is 4.26. The van der Waals surface area contributed by atoms with Gasteiger partial charge in [-0.2, -0.15) is 0 Å². The fraction of sp³-hybridized carbons (Fsp3) is 0.381. The average molecular weight is 435 g/mol. The first kappa shape index (κ1) is 20.5. The number of aromatic amines is 1. The predicted molar refractivity (Wildman–Crippen MR) is 110 cm³/mol. The second kappa shape index (κ2) is 8.55. The van der Waals surface area contributed by atoms with Gasteiger partial charge in [-0.15, -0.1) is 0 Å². The van der Waals surface area contributed by atoms with Gasteiger partial charge in [-0.3, -0.25) is 14.3 Å². The van der Waals surface area contributed by atoms with Gasteiger partial charge in [0.2, 0.25) is 0 Å². The summed E-state index contributed by atoms with van der Waals surface area (Å²) in [6.07, 6.45) is 1.33. The summed E-state index contributed by atoms with van der Waals surface area (Å²) in [5, 5.41) is 2.97. The van der Waals surface area contributed by atoms with Gasteiger partial charge in [0.15, 0.2) is 0 Å². The van der Waals surface area contributed by atoms with Crippen molar-refractivity contribution >= 4 is 28.5 Å². The van der Waals surface area contributed by atoms with Gasteiger partial charge in [0.1, 0.15) is 5.69 Å². The molecule has 0 spiro atoms. The Morgan fingerprint density at radius 2 is 2.00 bits per heavy atom. The highest BCUT2D eigenvalue weighted by Gasteiger charge is 2.26. The van der Waals surface area contributed by atoms with E-state index in [1.54, 1.807) is 4.57 Å². The summed E-state index contributed by atoms with van der Waals surface area (Å²) in [4.78, 5) is 31.3. The van der Waals surface area contributed by atoms with E-state index in [2.05, 4.69) is 15.3 Å². The Morgan fingerprint density at radius 3 is 2.73 bits per heavy atom. The molecule has 0 bridgehead atoms. The van der Waals surface area contributed by atoms with Crippen LogP contribution < -0.4 is 11.0 Å². The highest BCUT2D eigenvalue weighted by atomic mass is 35.5. The number of aromatic nitrogens is 3. The number of imidazole rings is 1. The molecule has 1 amide bonds. The number of rotatable bonds is 5. The van der Waals surface area contributed by atoms with Crippen molar-refractivity contribution in [1.29, 1.82) is 0 Å². The summed E-state index contributed by atoms with van der Waals surface area (Å²) in [7, 11) is 0. The van der Waals surface area contributed by atoms with Gasteiger partial charge in [-0.1, -0.05) is 23.7 Å². The third-order valence-electron chi connectivity index (χ3n) is 5.64. The first-order chi connectivity index (χ1) is 14.4. The van der Waals surface area contributed by atoms with Gasteiger partial charge >= 0.3 is 5.69 Å². The number of H-pyrrole nitrogens is 1. The van der Waals surface area contributed by atoms with Crippen LogP contribution in [0, 0.1) is 5.92 Å². The van der Waals surface area contributed by atoms with Gasteiger partial charge in [0, 0.05) is 18.8 Å². The molecule has 1 fully saturated rings. The molecule has 30 heavy (non-hydrogen) atoms. The molecule has 0 atom stereocenters. The minimum Gasteiger partial charge on any atom is -0.349 e. The number of alkyl halides is 2. The van der Waals surface area contributed by atoms with Crippen LogP contribution in [0.2, 0.25) is 5.02 Å². The molecule has 158 valence electrons. The number of hydrogen-bond acceptors (Lipinski definition) is 3. The van der Waals surface area contributed by atoms with Gasteiger partial charge in [-0.05, 0) is 49.8 Å². The van der Waals surface area contributed by atoms with E-state index in [1.165, 1.54) is 6.07 Å². The largest absolute Gasteiger partial charge is 0.349 e. The summed E-state index contributed by atoms with van der Waals surface area (Å²) in [6.45, 7) is 0.608. The molecular formula is C21H21ClF2N4O2. The molecule has 3 aromatic rings. The number of carbonyl (C=O) groups excluding carboxylic acids is 1.